The van der Waals surface area contributed by atoms with Gasteiger partial charge in [0.1, 0.15) is 0 Å². The average Bonchev–Trinajstić information content (AvgIpc) is 3.59. The molecule has 0 atom stereocenters. The molecule has 8 rings (SSSR count). The van der Waals surface area contributed by atoms with Gasteiger partial charge in [0.2, 0.25) is 0 Å². The van der Waals surface area contributed by atoms with Gasteiger partial charge in [-0.05, 0) is 91.1 Å². The van der Waals surface area contributed by atoms with Crippen LogP contribution in [0.25, 0.3) is 10.8 Å². The van der Waals surface area contributed by atoms with E-state index >= 15 is 0 Å². The van der Waals surface area contributed by atoms with Crippen LogP contribution in [-0.2, 0) is 0 Å². The number of nitrogens with zero attached hydrogens (tertiary/aromatic N) is 2. The van der Waals surface area contributed by atoms with Crippen molar-refractivity contribution < 1.29 is 19.2 Å². The van der Waals surface area contributed by atoms with Gasteiger partial charge in [0.15, 0.2) is 0 Å². The number of hydrogen-bond acceptors (Lipinski definition) is 5. The molecule has 0 radical (unpaired) electrons. The first-order chi connectivity index (χ1) is 21.5. The van der Waals surface area contributed by atoms with Crippen molar-refractivity contribution in [2.24, 2.45) is 0 Å². The number of carbonyl (C=O) groups is 4. The number of amides is 4. The SMILES string of the molecule is O=C1c2ccc3c4c(ccc(c24)C(=O)N1c1ccc(C2CCCC2)cc1)C(=O)N(c1cccc(Nc2ccccc2)c1)C3=O. The van der Waals surface area contributed by atoms with Crippen LogP contribution in [0, 0.1) is 0 Å². The monoisotopic (exact) mass is 577 g/mol. The van der Waals surface area contributed by atoms with E-state index in [-0.39, 0.29) is 11.1 Å². The lowest BCUT2D eigenvalue weighted by molar-refractivity contribution is 0.0873. The second kappa shape index (κ2) is 10.0. The molecule has 4 amide bonds. The van der Waals surface area contributed by atoms with E-state index < -0.39 is 23.6 Å². The van der Waals surface area contributed by atoms with Crippen molar-refractivity contribution in [2.45, 2.75) is 31.6 Å². The van der Waals surface area contributed by atoms with Crippen LogP contribution in [-0.4, -0.2) is 23.6 Å². The van der Waals surface area contributed by atoms with E-state index in [9.17, 15) is 19.2 Å². The van der Waals surface area contributed by atoms with Crippen LogP contribution >= 0.6 is 0 Å². The van der Waals surface area contributed by atoms with Crippen molar-refractivity contribution in [2.75, 3.05) is 15.1 Å². The summed E-state index contributed by atoms with van der Waals surface area (Å²) in [6.45, 7) is 0. The van der Waals surface area contributed by atoms with Crippen molar-refractivity contribution in [1.29, 1.82) is 0 Å². The van der Waals surface area contributed by atoms with Gasteiger partial charge in [0, 0.05) is 44.4 Å². The Bertz CT molecular complexity index is 1960. The Hall–Kier alpha value is -5.56. The molecule has 0 spiro atoms. The highest BCUT2D eigenvalue weighted by Gasteiger charge is 2.40. The van der Waals surface area contributed by atoms with E-state index in [0.717, 1.165) is 29.1 Å². The largest absolute Gasteiger partial charge is 0.355 e. The van der Waals surface area contributed by atoms with Crippen LogP contribution in [0.2, 0.25) is 0 Å². The Labute approximate surface area is 253 Å². The summed E-state index contributed by atoms with van der Waals surface area (Å²) in [6.07, 6.45) is 4.76. The van der Waals surface area contributed by atoms with Gasteiger partial charge in [0.25, 0.3) is 23.6 Å². The lowest BCUT2D eigenvalue weighted by Crippen LogP contribution is -2.43. The number of carbonyl (C=O) groups excluding carboxylic acids is 4. The van der Waals surface area contributed by atoms with E-state index in [1.807, 2.05) is 60.7 Å². The van der Waals surface area contributed by atoms with E-state index in [4.69, 9.17) is 0 Å². The number of benzene rings is 5. The molecule has 0 aromatic heterocycles. The van der Waals surface area contributed by atoms with Gasteiger partial charge < -0.3 is 5.32 Å². The first kappa shape index (κ1) is 26.1. The third-order valence-corrected chi connectivity index (χ3v) is 9.04. The predicted molar refractivity (Wildman–Crippen MR) is 170 cm³/mol. The predicted octanol–water partition coefficient (Wildman–Crippen LogP) is 7.84. The fourth-order valence-corrected chi connectivity index (χ4v) is 6.91. The molecule has 1 fully saturated rings. The number of anilines is 4. The standard InChI is InChI=1S/C37H27N3O4/c41-34-28-17-19-30-33-31(37(44)40(36(30)43)27-12-6-11-25(21-27)38-24-9-2-1-3-10-24)20-18-29(32(28)33)35(42)39(34)26-15-13-23(14-16-26)22-7-4-5-8-22/h1-3,6,9-22,38H,4-5,7-8H2. The highest BCUT2D eigenvalue weighted by atomic mass is 16.2. The second-order valence-electron chi connectivity index (χ2n) is 11.6. The molecule has 0 bridgehead atoms. The first-order valence-corrected chi connectivity index (χ1v) is 14.9. The number of hydrogen-bond donors (Lipinski definition) is 1. The number of imide groups is 2. The molecule has 7 nitrogen and oxygen atoms in total. The van der Waals surface area contributed by atoms with Gasteiger partial charge >= 0.3 is 0 Å². The summed E-state index contributed by atoms with van der Waals surface area (Å²) in [5.74, 6) is -1.43. The molecule has 7 heteroatoms. The van der Waals surface area contributed by atoms with E-state index in [1.165, 1.54) is 23.3 Å². The molecule has 3 aliphatic rings. The summed E-state index contributed by atoms with van der Waals surface area (Å²) in [6, 6.07) is 30.8. The van der Waals surface area contributed by atoms with Crippen molar-refractivity contribution >= 4 is 57.2 Å². The first-order valence-electron chi connectivity index (χ1n) is 14.9. The topological polar surface area (TPSA) is 86.8 Å². The smallest absolute Gasteiger partial charge is 0.265 e. The molecule has 5 aromatic rings. The van der Waals surface area contributed by atoms with Crippen LogP contribution in [0.3, 0.4) is 0 Å². The molecular weight excluding hydrogens is 550 g/mol. The minimum absolute atomic E-state index is 0.275. The fraction of sp³-hybridized carbons (Fsp3) is 0.135. The van der Waals surface area contributed by atoms with Gasteiger partial charge in [-0.2, -0.15) is 0 Å². The zero-order valence-corrected chi connectivity index (χ0v) is 23.7. The Balaban J connectivity index is 1.16. The normalized spacial score (nSPS) is 16.3. The van der Waals surface area contributed by atoms with E-state index in [2.05, 4.69) is 5.32 Å². The van der Waals surface area contributed by atoms with E-state index in [1.54, 1.807) is 42.5 Å². The van der Waals surface area contributed by atoms with Crippen LogP contribution in [0.5, 0.6) is 0 Å². The molecule has 1 N–H and O–H groups in total. The molecule has 5 aromatic carbocycles. The molecular formula is C37H27N3O4. The Morgan fingerprint density at radius 2 is 1.00 bits per heavy atom. The van der Waals surface area contributed by atoms with Gasteiger partial charge in [-0.15, -0.1) is 0 Å². The zero-order valence-electron chi connectivity index (χ0n) is 23.7. The number of rotatable bonds is 5. The fourth-order valence-electron chi connectivity index (χ4n) is 6.91. The summed E-state index contributed by atoms with van der Waals surface area (Å²) < 4.78 is 0. The van der Waals surface area contributed by atoms with Gasteiger partial charge in [-0.1, -0.05) is 49.2 Å². The van der Waals surface area contributed by atoms with Gasteiger partial charge in [-0.25, -0.2) is 9.80 Å². The minimum Gasteiger partial charge on any atom is -0.355 e. The Kier molecular flexibility index (Phi) is 5.94. The van der Waals surface area contributed by atoms with Gasteiger partial charge in [-0.3, -0.25) is 19.2 Å². The molecule has 2 heterocycles. The summed E-state index contributed by atoms with van der Waals surface area (Å²) in [5.41, 5.74) is 4.88. The Morgan fingerprint density at radius 1 is 0.500 bits per heavy atom. The van der Waals surface area contributed by atoms with Crippen LogP contribution in [0.1, 0.15) is 78.6 Å². The van der Waals surface area contributed by atoms with Crippen molar-refractivity contribution in [3.05, 3.63) is 131 Å². The maximum Gasteiger partial charge on any atom is 0.265 e. The van der Waals surface area contributed by atoms with Crippen LogP contribution < -0.4 is 15.1 Å². The third-order valence-electron chi connectivity index (χ3n) is 9.04. The minimum atomic E-state index is -0.507. The number of nitrogens with one attached hydrogen (secondary N) is 1. The molecule has 1 aliphatic carbocycles. The summed E-state index contributed by atoms with van der Waals surface area (Å²) >= 11 is 0. The average molecular weight is 578 g/mol. The Morgan fingerprint density at radius 3 is 1.55 bits per heavy atom. The number of para-hydroxylation sites is 1. The van der Waals surface area contributed by atoms with Crippen molar-refractivity contribution in [1.82, 2.24) is 0 Å². The second-order valence-corrected chi connectivity index (χ2v) is 11.6. The molecule has 0 saturated heterocycles. The summed E-state index contributed by atoms with van der Waals surface area (Å²) in [7, 11) is 0. The molecule has 1 saturated carbocycles. The highest BCUT2D eigenvalue weighted by molar-refractivity contribution is 6.42. The van der Waals surface area contributed by atoms with Gasteiger partial charge in [0.05, 0.1) is 11.4 Å². The van der Waals surface area contributed by atoms with Crippen LogP contribution in [0.4, 0.5) is 22.7 Å². The lowest BCUT2D eigenvalue weighted by Gasteiger charge is -2.32. The van der Waals surface area contributed by atoms with Crippen molar-refractivity contribution in [3.8, 4) is 0 Å². The summed E-state index contributed by atoms with van der Waals surface area (Å²) in [4.78, 5) is 57.8. The summed E-state index contributed by atoms with van der Waals surface area (Å²) in [5, 5.41) is 4.00. The molecule has 2 aliphatic heterocycles. The lowest BCUT2D eigenvalue weighted by atomic mass is 9.85. The molecule has 214 valence electrons. The molecule has 0 unspecified atom stereocenters. The third kappa shape index (κ3) is 3.96. The zero-order chi connectivity index (χ0) is 29.9. The van der Waals surface area contributed by atoms with Crippen molar-refractivity contribution in [3.63, 3.8) is 0 Å². The maximum absolute atomic E-state index is 13.9. The quantitative estimate of drug-likeness (QED) is 0.215. The van der Waals surface area contributed by atoms with Crippen LogP contribution in [0.15, 0.2) is 103 Å². The van der Waals surface area contributed by atoms with E-state index in [0.29, 0.717) is 39.2 Å². The molecule has 44 heavy (non-hydrogen) atoms. The highest BCUT2D eigenvalue weighted by Crippen LogP contribution is 2.41. The maximum atomic E-state index is 13.9.